The van der Waals surface area contributed by atoms with Gasteiger partial charge in [-0.25, -0.2) is 9.82 Å². The third kappa shape index (κ3) is 3.86. The van der Waals surface area contributed by atoms with Crippen molar-refractivity contribution in [2.24, 2.45) is 10.5 Å². The van der Waals surface area contributed by atoms with E-state index in [1.54, 1.807) is 6.08 Å². The second kappa shape index (κ2) is 8.17. The van der Waals surface area contributed by atoms with Gasteiger partial charge in [-0.3, -0.25) is 9.59 Å². The van der Waals surface area contributed by atoms with Crippen LogP contribution in [0, 0.1) is 11.2 Å². The van der Waals surface area contributed by atoms with Crippen molar-refractivity contribution in [2.75, 3.05) is 0 Å². The summed E-state index contributed by atoms with van der Waals surface area (Å²) in [4.78, 5) is 25.3. The molecule has 2 atom stereocenters. The van der Waals surface area contributed by atoms with Crippen molar-refractivity contribution in [3.8, 4) is 0 Å². The Hall–Kier alpha value is -3.28. The number of carbonyl (C=O) groups excluding carboxylic acids is 1. The van der Waals surface area contributed by atoms with Crippen LogP contribution in [0.2, 0.25) is 0 Å². The second-order valence-corrected chi connectivity index (χ2v) is 6.95. The fraction of sp³-hybridized carbons (Fsp3) is 0.227. The summed E-state index contributed by atoms with van der Waals surface area (Å²) in [6, 6.07) is 14.8. The molecule has 2 aromatic rings. The van der Waals surface area contributed by atoms with Gasteiger partial charge in [0.25, 0.3) is 5.91 Å². The summed E-state index contributed by atoms with van der Waals surface area (Å²) in [7, 11) is 0. The Morgan fingerprint density at radius 2 is 1.86 bits per heavy atom. The Balaban J connectivity index is 1.93. The van der Waals surface area contributed by atoms with Gasteiger partial charge in [-0.2, -0.15) is 5.10 Å². The molecular weight excluding hydrogens is 359 g/mol. The maximum absolute atomic E-state index is 13.3. The SMILES string of the molecule is CC1=CCC(C(=O)O)(C(=O)NN=Cc2ccccc2)C(c2ccc(F)cc2)C1. The summed E-state index contributed by atoms with van der Waals surface area (Å²) in [6.45, 7) is 1.90. The van der Waals surface area contributed by atoms with Crippen molar-refractivity contribution < 1.29 is 19.1 Å². The first kappa shape index (κ1) is 19.5. The molecule has 6 heteroatoms. The van der Waals surface area contributed by atoms with E-state index >= 15 is 0 Å². The topological polar surface area (TPSA) is 78.8 Å². The Labute approximate surface area is 162 Å². The number of aliphatic carboxylic acids is 1. The van der Waals surface area contributed by atoms with E-state index in [4.69, 9.17) is 0 Å². The van der Waals surface area contributed by atoms with E-state index in [1.807, 2.05) is 37.3 Å². The van der Waals surface area contributed by atoms with E-state index in [0.29, 0.717) is 12.0 Å². The molecule has 0 radical (unpaired) electrons. The smallest absolute Gasteiger partial charge is 0.320 e. The van der Waals surface area contributed by atoms with Crippen LogP contribution in [0.1, 0.15) is 36.8 Å². The van der Waals surface area contributed by atoms with Crippen LogP contribution in [0.5, 0.6) is 0 Å². The molecule has 0 spiro atoms. The molecule has 28 heavy (non-hydrogen) atoms. The quantitative estimate of drug-likeness (QED) is 0.358. The van der Waals surface area contributed by atoms with Gasteiger partial charge in [0, 0.05) is 5.92 Å². The number of nitrogens with one attached hydrogen (secondary N) is 1. The third-order valence-corrected chi connectivity index (χ3v) is 5.13. The molecule has 2 unspecified atom stereocenters. The van der Waals surface area contributed by atoms with Crippen molar-refractivity contribution in [2.45, 2.75) is 25.7 Å². The molecule has 2 aromatic carbocycles. The minimum Gasteiger partial charge on any atom is -0.480 e. The largest absolute Gasteiger partial charge is 0.480 e. The van der Waals surface area contributed by atoms with Crippen molar-refractivity contribution in [1.29, 1.82) is 0 Å². The molecule has 0 aliphatic heterocycles. The highest BCUT2D eigenvalue weighted by molar-refractivity contribution is 6.03. The lowest BCUT2D eigenvalue weighted by Crippen LogP contribution is -2.50. The van der Waals surface area contributed by atoms with Crippen molar-refractivity contribution >= 4 is 18.1 Å². The first-order chi connectivity index (χ1) is 13.4. The van der Waals surface area contributed by atoms with E-state index in [9.17, 15) is 19.1 Å². The number of rotatable bonds is 5. The Bertz CT molecular complexity index is 923. The lowest BCUT2D eigenvalue weighted by molar-refractivity contribution is -0.158. The normalized spacial score (nSPS) is 21.9. The van der Waals surface area contributed by atoms with E-state index in [0.717, 1.165) is 11.1 Å². The summed E-state index contributed by atoms with van der Waals surface area (Å²) in [5.74, 6) is -2.95. The van der Waals surface area contributed by atoms with Crippen molar-refractivity contribution in [1.82, 2.24) is 5.43 Å². The Morgan fingerprint density at radius 3 is 2.50 bits per heavy atom. The molecule has 2 N–H and O–H groups in total. The molecule has 0 fully saturated rings. The zero-order valence-electron chi connectivity index (χ0n) is 15.4. The lowest BCUT2D eigenvalue weighted by Gasteiger charge is -2.38. The van der Waals surface area contributed by atoms with Crippen LogP contribution < -0.4 is 5.43 Å². The summed E-state index contributed by atoms with van der Waals surface area (Å²) < 4.78 is 13.3. The van der Waals surface area contributed by atoms with Gasteiger partial charge in [-0.05, 0) is 43.0 Å². The Morgan fingerprint density at radius 1 is 1.18 bits per heavy atom. The highest BCUT2D eigenvalue weighted by Gasteiger charge is 2.53. The van der Waals surface area contributed by atoms with Crippen molar-refractivity contribution in [3.05, 3.63) is 83.2 Å². The lowest BCUT2D eigenvalue weighted by atomic mass is 9.64. The number of halogens is 1. The number of benzene rings is 2. The molecule has 1 amide bonds. The summed E-state index contributed by atoms with van der Waals surface area (Å²) >= 11 is 0. The number of nitrogens with zero attached hydrogens (tertiary/aromatic N) is 1. The maximum Gasteiger partial charge on any atom is 0.320 e. The van der Waals surface area contributed by atoms with Crippen LogP contribution in [-0.4, -0.2) is 23.2 Å². The maximum atomic E-state index is 13.3. The summed E-state index contributed by atoms with van der Waals surface area (Å²) in [5, 5.41) is 14.0. The van der Waals surface area contributed by atoms with E-state index in [-0.39, 0.29) is 6.42 Å². The van der Waals surface area contributed by atoms with Crippen LogP contribution in [0.25, 0.3) is 0 Å². The van der Waals surface area contributed by atoms with Gasteiger partial charge in [-0.1, -0.05) is 54.1 Å². The van der Waals surface area contributed by atoms with Crippen LogP contribution in [0.4, 0.5) is 4.39 Å². The van der Waals surface area contributed by atoms with Crippen LogP contribution >= 0.6 is 0 Å². The minimum absolute atomic E-state index is 0.0445. The zero-order chi connectivity index (χ0) is 20.1. The first-order valence-electron chi connectivity index (χ1n) is 8.96. The van der Waals surface area contributed by atoms with E-state index < -0.39 is 29.0 Å². The highest BCUT2D eigenvalue weighted by atomic mass is 19.1. The molecule has 0 heterocycles. The van der Waals surface area contributed by atoms with Crippen LogP contribution in [0.3, 0.4) is 0 Å². The third-order valence-electron chi connectivity index (χ3n) is 5.13. The van der Waals surface area contributed by atoms with Gasteiger partial charge >= 0.3 is 5.97 Å². The highest BCUT2D eigenvalue weighted by Crippen LogP contribution is 2.47. The van der Waals surface area contributed by atoms with Crippen LogP contribution in [-0.2, 0) is 9.59 Å². The molecule has 144 valence electrons. The van der Waals surface area contributed by atoms with E-state index in [1.165, 1.54) is 30.5 Å². The summed E-state index contributed by atoms with van der Waals surface area (Å²) in [5.41, 5.74) is 3.06. The predicted octanol–water partition coefficient (Wildman–Crippen LogP) is 3.87. The molecular formula is C22H21FN2O3. The first-order valence-corrected chi connectivity index (χ1v) is 8.96. The number of amides is 1. The standard InChI is InChI=1S/C22H21FN2O3/c1-15-11-12-22(21(27)28,19(13-15)17-7-9-18(23)10-8-17)20(26)25-24-14-16-5-3-2-4-6-16/h2-11,14,19H,12-13H2,1H3,(H,25,26)(H,27,28). The minimum atomic E-state index is -1.72. The number of carboxylic acids is 1. The molecule has 3 rings (SSSR count). The molecule has 5 nitrogen and oxygen atoms in total. The molecule has 0 saturated heterocycles. The van der Waals surface area contributed by atoms with Gasteiger partial charge in [-0.15, -0.1) is 0 Å². The number of hydrogen-bond acceptors (Lipinski definition) is 3. The van der Waals surface area contributed by atoms with Crippen molar-refractivity contribution in [3.63, 3.8) is 0 Å². The fourth-order valence-electron chi connectivity index (χ4n) is 3.54. The Kier molecular flexibility index (Phi) is 5.68. The number of hydrazone groups is 1. The average Bonchev–Trinajstić information content (AvgIpc) is 2.69. The van der Waals surface area contributed by atoms with Gasteiger partial charge < -0.3 is 5.11 Å². The van der Waals surface area contributed by atoms with Gasteiger partial charge in [0.2, 0.25) is 0 Å². The molecule has 0 bridgehead atoms. The molecule has 1 aliphatic carbocycles. The number of carboxylic acid groups (broad SMARTS) is 1. The number of allylic oxidation sites excluding steroid dienone is 2. The number of carbonyl (C=O) groups is 2. The van der Waals surface area contributed by atoms with Gasteiger partial charge in [0.1, 0.15) is 5.82 Å². The van der Waals surface area contributed by atoms with Crippen LogP contribution in [0.15, 0.2) is 71.3 Å². The monoisotopic (exact) mass is 380 g/mol. The van der Waals surface area contributed by atoms with Gasteiger partial charge in [0.15, 0.2) is 5.41 Å². The van der Waals surface area contributed by atoms with E-state index in [2.05, 4.69) is 10.5 Å². The summed E-state index contributed by atoms with van der Waals surface area (Å²) in [6.07, 6.45) is 3.68. The second-order valence-electron chi connectivity index (χ2n) is 6.95. The molecule has 0 saturated carbocycles. The fourth-order valence-corrected chi connectivity index (χ4v) is 3.54. The predicted molar refractivity (Wildman–Crippen MR) is 104 cm³/mol. The molecule has 1 aliphatic rings. The molecule has 0 aromatic heterocycles. The average molecular weight is 380 g/mol. The van der Waals surface area contributed by atoms with Gasteiger partial charge in [0.05, 0.1) is 6.21 Å². The number of hydrogen-bond donors (Lipinski definition) is 2. The zero-order valence-corrected chi connectivity index (χ0v) is 15.4.